The molecule has 3 rings (SSSR count). The summed E-state index contributed by atoms with van der Waals surface area (Å²) in [6.45, 7) is 0. The number of carbonyl (C=O) groups is 2. The summed E-state index contributed by atoms with van der Waals surface area (Å²) in [5.74, 6) is -0.0372. The Morgan fingerprint density at radius 2 is 1.85 bits per heavy atom. The first-order valence-corrected chi connectivity index (χ1v) is 7.74. The number of rotatable bonds is 2. The van der Waals surface area contributed by atoms with Crippen LogP contribution in [0, 0.1) is 11.8 Å². The Kier molecular flexibility index (Phi) is 3.94. The van der Waals surface area contributed by atoms with Gasteiger partial charge in [-0.3, -0.25) is 15.3 Å². The number of hydrogen-bond acceptors (Lipinski definition) is 4. The van der Waals surface area contributed by atoms with Crippen molar-refractivity contribution in [2.45, 2.75) is 63.6 Å². The molecule has 0 bridgehead atoms. The van der Waals surface area contributed by atoms with E-state index in [1.54, 1.807) is 0 Å². The molecule has 20 heavy (non-hydrogen) atoms. The standard InChI is InChI=1S/C14H23N3O3/c18-13-11-7-6-10(8-9-4-2-1-3-5-9)15-12(11)16-14(19)17(13)20/h9-12,15,20H,1-8H2,(H,16,19). The van der Waals surface area contributed by atoms with Crippen LogP contribution in [0.25, 0.3) is 0 Å². The molecule has 6 nitrogen and oxygen atoms in total. The zero-order valence-electron chi connectivity index (χ0n) is 11.7. The van der Waals surface area contributed by atoms with E-state index < -0.39 is 11.9 Å². The topological polar surface area (TPSA) is 81.7 Å². The summed E-state index contributed by atoms with van der Waals surface area (Å²) < 4.78 is 0. The highest BCUT2D eigenvalue weighted by Crippen LogP contribution is 2.31. The Balaban J connectivity index is 1.57. The third-order valence-corrected chi connectivity index (χ3v) is 4.98. The highest BCUT2D eigenvalue weighted by molar-refractivity contribution is 5.97. The van der Waals surface area contributed by atoms with Crippen LogP contribution in [0.2, 0.25) is 0 Å². The Bertz CT molecular complexity index is 395. The maximum absolute atomic E-state index is 11.8. The van der Waals surface area contributed by atoms with Crippen molar-refractivity contribution in [2.24, 2.45) is 11.8 Å². The lowest BCUT2D eigenvalue weighted by atomic mass is 9.81. The number of carbonyl (C=O) groups excluding carboxylic acids is 2. The van der Waals surface area contributed by atoms with Crippen LogP contribution in [0.4, 0.5) is 4.79 Å². The Hall–Kier alpha value is -1.14. The summed E-state index contributed by atoms with van der Waals surface area (Å²) >= 11 is 0. The lowest BCUT2D eigenvalue weighted by Gasteiger charge is -2.42. The normalized spacial score (nSPS) is 35.6. The smallest absolute Gasteiger partial charge is 0.320 e. The first-order chi connectivity index (χ1) is 9.65. The minimum Gasteiger partial charge on any atom is -0.320 e. The van der Waals surface area contributed by atoms with Gasteiger partial charge in [0.05, 0.1) is 12.1 Å². The minimum atomic E-state index is -0.720. The Morgan fingerprint density at radius 3 is 2.60 bits per heavy atom. The summed E-state index contributed by atoms with van der Waals surface area (Å²) in [4.78, 5) is 23.3. The number of nitrogens with one attached hydrogen (secondary N) is 2. The largest absolute Gasteiger partial charge is 0.349 e. The molecule has 0 aromatic rings. The highest BCUT2D eigenvalue weighted by atomic mass is 16.5. The van der Waals surface area contributed by atoms with E-state index in [9.17, 15) is 14.8 Å². The van der Waals surface area contributed by atoms with Crippen LogP contribution >= 0.6 is 0 Å². The maximum Gasteiger partial charge on any atom is 0.349 e. The number of hydroxylamine groups is 2. The molecule has 112 valence electrons. The highest BCUT2D eigenvalue weighted by Gasteiger charge is 2.44. The van der Waals surface area contributed by atoms with Gasteiger partial charge in [-0.25, -0.2) is 4.79 Å². The number of amides is 3. The SMILES string of the molecule is O=C1NC2NC(CC3CCCCC3)CCC2C(=O)N1O. The monoisotopic (exact) mass is 281 g/mol. The molecule has 6 heteroatoms. The summed E-state index contributed by atoms with van der Waals surface area (Å²) in [6, 6.07) is -0.347. The third-order valence-electron chi connectivity index (χ3n) is 4.98. The minimum absolute atomic E-state index is 0.213. The molecule has 3 fully saturated rings. The van der Waals surface area contributed by atoms with Gasteiger partial charge in [0.2, 0.25) is 0 Å². The molecule has 3 aliphatic rings. The van der Waals surface area contributed by atoms with E-state index >= 15 is 0 Å². The maximum atomic E-state index is 11.8. The molecule has 3 N–H and O–H groups in total. The van der Waals surface area contributed by atoms with Gasteiger partial charge in [-0.05, 0) is 25.2 Å². The van der Waals surface area contributed by atoms with Crippen molar-refractivity contribution >= 4 is 11.9 Å². The molecule has 1 aliphatic carbocycles. The second-order valence-corrected chi connectivity index (χ2v) is 6.36. The fourth-order valence-corrected chi connectivity index (χ4v) is 3.87. The Labute approximate surface area is 118 Å². The molecule has 0 aromatic heterocycles. The van der Waals surface area contributed by atoms with Crippen molar-refractivity contribution in [1.82, 2.24) is 15.7 Å². The van der Waals surface area contributed by atoms with Gasteiger partial charge >= 0.3 is 6.03 Å². The first-order valence-electron chi connectivity index (χ1n) is 7.74. The average Bonchev–Trinajstić information content (AvgIpc) is 2.46. The molecule has 2 saturated heterocycles. The van der Waals surface area contributed by atoms with Crippen molar-refractivity contribution in [1.29, 1.82) is 0 Å². The number of urea groups is 1. The van der Waals surface area contributed by atoms with Crippen LogP contribution < -0.4 is 10.6 Å². The number of hydrogen-bond donors (Lipinski definition) is 3. The lowest BCUT2D eigenvalue weighted by molar-refractivity contribution is -0.164. The van der Waals surface area contributed by atoms with Crippen molar-refractivity contribution in [2.75, 3.05) is 0 Å². The quantitative estimate of drug-likeness (QED) is 0.671. The summed E-state index contributed by atoms with van der Waals surface area (Å²) in [7, 11) is 0. The zero-order chi connectivity index (χ0) is 14.1. The van der Waals surface area contributed by atoms with Gasteiger partial charge in [0.1, 0.15) is 0 Å². The number of nitrogens with zero attached hydrogens (tertiary/aromatic N) is 1. The summed E-state index contributed by atoms with van der Waals surface area (Å²) in [5, 5.41) is 15.6. The van der Waals surface area contributed by atoms with Crippen LogP contribution in [0.5, 0.6) is 0 Å². The van der Waals surface area contributed by atoms with Gasteiger partial charge in [0, 0.05) is 6.04 Å². The summed E-state index contributed by atoms with van der Waals surface area (Å²) in [6.07, 6.45) is 9.12. The van der Waals surface area contributed by atoms with Crippen LogP contribution in [0.1, 0.15) is 51.4 Å². The van der Waals surface area contributed by atoms with Gasteiger partial charge in [-0.1, -0.05) is 32.1 Å². The van der Waals surface area contributed by atoms with Gasteiger partial charge in [0.15, 0.2) is 0 Å². The molecule has 3 unspecified atom stereocenters. The van der Waals surface area contributed by atoms with E-state index in [0.717, 1.165) is 25.2 Å². The second-order valence-electron chi connectivity index (χ2n) is 6.36. The van der Waals surface area contributed by atoms with Crippen molar-refractivity contribution in [3.63, 3.8) is 0 Å². The average molecular weight is 281 g/mol. The van der Waals surface area contributed by atoms with E-state index in [1.807, 2.05) is 0 Å². The Morgan fingerprint density at radius 1 is 1.10 bits per heavy atom. The molecular formula is C14H23N3O3. The predicted octanol–water partition coefficient (Wildman–Crippen LogP) is 1.59. The molecule has 0 aromatic carbocycles. The van der Waals surface area contributed by atoms with Gasteiger partial charge in [0.25, 0.3) is 5.91 Å². The molecule has 2 heterocycles. The zero-order valence-corrected chi connectivity index (χ0v) is 11.7. The van der Waals surface area contributed by atoms with Gasteiger partial charge in [-0.2, -0.15) is 0 Å². The van der Waals surface area contributed by atoms with Crippen LogP contribution in [-0.4, -0.2) is 34.4 Å². The van der Waals surface area contributed by atoms with Crippen molar-refractivity contribution < 1.29 is 14.8 Å². The number of imide groups is 1. The van der Waals surface area contributed by atoms with Crippen LogP contribution in [0.3, 0.4) is 0 Å². The van der Waals surface area contributed by atoms with E-state index in [4.69, 9.17) is 0 Å². The fraction of sp³-hybridized carbons (Fsp3) is 0.857. The molecule has 0 spiro atoms. The van der Waals surface area contributed by atoms with E-state index in [0.29, 0.717) is 6.04 Å². The van der Waals surface area contributed by atoms with Crippen molar-refractivity contribution in [3.05, 3.63) is 0 Å². The molecule has 3 atom stereocenters. The van der Waals surface area contributed by atoms with E-state index in [-0.39, 0.29) is 17.1 Å². The second kappa shape index (κ2) is 5.69. The molecular weight excluding hydrogens is 258 g/mol. The van der Waals surface area contributed by atoms with Crippen LogP contribution in [0.15, 0.2) is 0 Å². The summed E-state index contributed by atoms with van der Waals surface area (Å²) in [5.41, 5.74) is 0. The molecule has 3 amide bonds. The van der Waals surface area contributed by atoms with Crippen molar-refractivity contribution in [3.8, 4) is 0 Å². The van der Waals surface area contributed by atoms with Crippen LogP contribution in [-0.2, 0) is 4.79 Å². The number of fused-ring (bicyclic) bond motifs is 1. The fourth-order valence-electron chi connectivity index (χ4n) is 3.87. The third kappa shape index (κ3) is 2.67. The number of piperidine rings is 1. The predicted molar refractivity (Wildman–Crippen MR) is 71.8 cm³/mol. The molecule has 1 saturated carbocycles. The van der Waals surface area contributed by atoms with E-state index in [1.165, 1.54) is 32.1 Å². The molecule has 2 aliphatic heterocycles. The van der Waals surface area contributed by atoms with Gasteiger partial charge in [-0.15, -0.1) is 5.06 Å². The molecule has 0 radical (unpaired) electrons. The van der Waals surface area contributed by atoms with E-state index in [2.05, 4.69) is 10.6 Å². The first kappa shape index (κ1) is 13.8. The lowest BCUT2D eigenvalue weighted by Crippen LogP contribution is -2.67. The van der Waals surface area contributed by atoms with Gasteiger partial charge < -0.3 is 5.32 Å².